The summed E-state index contributed by atoms with van der Waals surface area (Å²) in [5, 5.41) is 7.77. The molecule has 1 aromatic carbocycles. The maximum Gasteiger partial charge on any atom is 0.230 e. The van der Waals surface area contributed by atoms with Crippen LogP contribution in [0.2, 0.25) is 0 Å². The van der Waals surface area contributed by atoms with Crippen LogP contribution in [0.3, 0.4) is 0 Å². The molecule has 102 valence electrons. The van der Waals surface area contributed by atoms with Crippen molar-refractivity contribution in [1.29, 1.82) is 0 Å². The fourth-order valence-corrected chi connectivity index (χ4v) is 2.90. The number of nitrogen functional groups attached to an aromatic ring is 1. The highest BCUT2D eigenvalue weighted by Gasteiger charge is 2.20. The molecule has 0 fully saturated rings. The molecular formula is C14H10F2N2OS. The number of aromatic nitrogens is 1. The summed E-state index contributed by atoms with van der Waals surface area (Å²) in [6.07, 6.45) is 0. The molecule has 0 unspecified atom stereocenters. The number of benzene rings is 1. The highest BCUT2D eigenvalue weighted by molar-refractivity contribution is 7.08. The molecule has 20 heavy (non-hydrogen) atoms. The quantitative estimate of drug-likeness (QED) is 0.768. The second-order valence-corrected chi connectivity index (χ2v) is 5.14. The third-order valence-electron chi connectivity index (χ3n) is 2.98. The van der Waals surface area contributed by atoms with Crippen LogP contribution in [0.4, 0.5) is 14.7 Å². The Bertz CT molecular complexity index is 759. The van der Waals surface area contributed by atoms with Gasteiger partial charge in [-0.25, -0.2) is 8.78 Å². The predicted octanol–water partition coefficient (Wildman–Crippen LogP) is 4.24. The molecule has 3 aromatic rings. The molecule has 0 aliphatic rings. The number of hydrogen-bond acceptors (Lipinski definition) is 4. The van der Waals surface area contributed by atoms with Gasteiger partial charge in [0.25, 0.3) is 0 Å². The van der Waals surface area contributed by atoms with E-state index in [4.69, 9.17) is 10.3 Å². The SMILES string of the molecule is Cc1cscc1-c1noc(N)c1-c1cc(F)cc(F)c1. The third-order valence-corrected chi connectivity index (χ3v) is 3.84. The van der Waals surface area contributed by atoms with Gasteiger partial charge in [0.1, 0.15) is 17.3 Å². The molecule has 0 amide bonds. The van der Waals surface area contributed by atoms with Gasteiger partial charge in [-0.2, -0.15) is 11.3 Å². The van der Waals surface area contributed by atoms with Crippen LogP contribution < -0.4 is 5.73 Å². The Kier molecular flexibility index (Phi) is 3.02. The van der Waals surface area contributed by atoms with Crippen molar-refractivity contribution >= 4 is 17.2 Å². The predicted molar refractivity (Wildman–Crippen MR) is 74.3 cm³/mol. The molecule has 3 nitrogen and oxygen atoms in total. The van der Waals surface area contributed by atoms with Gasteiger partial charge in [-0.05, 0) is 35.6 Å². The number of halogens is 2. The van der Waals surface area contributed by atoms with Gasteiger partial charge in [0.15, 0.2) is 0 Å². The van der Waals surface area contributed by atoms with Crippen molar-refractivity contribution in [3.8, 4) is 22.4 Å². The van der Waals surface area contributed by atoms with E-state index in [9.17, 15) is 8.78 Å². The van der Waals surface area contributed by atoms with E-state index in [0.29, 0.717) is 16.8 Å². The van der Waals surface area contributed by atoms with E-state index in [1.54, 1.807) is 0 Å². The lowest BCUT2D eigenvalue weighted by Crippen LogP contribution is -1.90. The minimum Gasteiger partial charge on any atom is -0.367 e. The van der Waals surface area contributed by atoms with Crippen LogP contribution in [0.1, 0.15) is 5.56 Å². The van der Waals surface area contributed by atoms with Crippen molar-refractivity contribution in [3.05, 3.63) is 46.2 Å². The molecule has 0 saturated carbocycles. The molecule has 2 N–H and O–H groups in total. The molecule has 0 bridgehead atoms. The maximum atomic E-state index is 13.4. The summed E-state index contributed by atoms with van der Waals surface area (Å²) in [7, 11) is 0. The average molecular weight is 292 g/mol. The average Bonchev–Trinajstić information content (AvgIpc) is 2.93. The molecule has 0 saturated heterocycles. The third kappa shape index (κ3) is 2.08. The van der Waals surface area contributed by atoms with Crippen LogP contribution in [-0.2, 0) is 0 Å². The Morgan fingerprint density at radius 3 is 2.45 bits per heavy atom. The zero-order chi connectivity index (χ0) is 14.3. The van der Waals surface area contributed by atoms with Gasteiger partial charge in [0.05, 0.1) is 5.56 Å². The van der Waals surface area contributed by atoms with Gasteiger partial charge in [-0.1, -0.05) is 5.16 Å². The van der Waals surface area contributed by atoms with E-state index in [-0.39, 0.29) is 5.88 Å². The van der Waals surface area contributed by atoms with Crippen LogP contribution >= 0.6 is 11.3 Å². The largest absolute Gasteiger partial charge is 0.367 e. The van der Waals surface area contributed by atoms with Crippen molar-refractivity contribution in [1.82, 2.24) is 5.16 Å². The Labute approximate surface area is 117 Å². The van der Waals surface area contributed by atoms with E-state index in [1.807, 2.05) is 17.7 Å². The fraction of sp³-hybridized carbons (Fsp3) is 0.0714. The van der Waals surface area contributed by atoms with Crippen molar-refractivity contribution < 1.29 is 13.3 Å². The first-order valence-electron chi connectivity index (χ1n) is 5.81. The molecule has 0 spiro atoms. The number of rotatable bonds is 2. The number of anilines is 1. The fourth-order valence-electron chi connectivity index (χ4n) is 2.07. The highest BCUT2D eigenvalue weighted by Crippen LogP contribution is 2.38. The van der Waals surface area contributed by atoms with Crippen molar-refractivity contribution in [2.45, 2.75) is 6.92 Å². The normalized spacial score (nSPS) is 10.9. The standard InChI is InChI=1S/C14H10F2N2OS/c1-7-5-20-6-11(7)13-12(14(17)19-18-13)8-2-9(15)4-10(16)3-8/h2-6H,17H2,1H3. The van der Waals surface area contributed by atoms with Crippen molar-refractivity contribution in [3.63, 3.8) is 0 Å². The number of nitrogens with two attached hydrogens (primary N) is 1. The Hall–Kier alpha value is -2.21. The van der Waals surface area contributed by atoms with E-state index in [2.05, 4.69) is 5.16 Å². The van der Waals surface area contributed by atoms with Gasteiger partial charge >= 0.3 is 0 Å². The van der Waals surface area contributed by atoms with E-state index in [1.165, 1.54) is 23.5 Å². The highest BCUT2D eigenvalue weighted by atomic mass is 32.1. The molecule has 0 aliphatic carbocycles. The second kappa shape index (κ2) is 4.72. The van der Waals surface area contributed by atoms with E-state index >= 15 is 0 Å². The summed E-state index contributed by atoms with van der Waals surface area (Å²) < 4.78 is 31.7. The van der Waals surface area contributed by atoms with E-state index < -0.39 is 11.6 Å². The molecule has 2 heterocycles. The lowest BCUT2D eigenvalue weighted by molar-refractivity contribution is 0.439. The number of thiophene rings is 1. The van der Waals surface area contributed by atoms with Gasteiger partial charge in [-0.15, -0.1) is 0 Å². The van der Waals surface area contributed by atoms with Crippen LogP contribution in [0, 0.1) is 18.6 Å². The molecule has 0 atom stereocenters. The summed E-state index contributed by atoms with van der Waals surface area (Å²) in [6.45, 7) is 1.92. The lowest BCUT2D eigenvalue weighted by atomic mass is 10.0. The smallest absolute Gasteiger partial charge is 0.230 e. The summed E-state index contributed by atoms with van der Waals surface area (Å²) in [5.41, 5.74) is 8.81. The van der Waals surface area contributed by atoms with Gasteiger partial charge < -0.3 is 10.3 Å². The number of hydrogen-bond donors (Lipinski definition) is 1. The molecule has 0 radical (unpaired) electrons. The minimum absolute atomic E-state index is 0.0376. The first-order chi connectivity index (χ1) is 9.56. The summed E-state index contributed by atoms with van der Waals surface area (Å²) in [4.78, 5) is 0. The van der Waals surface area contributed by atoms with Crippen LogP contribution in [0.5, 0.6) is 0 Å². The topological polar surface area (TPSA) is 52.0 Å². The summed E-state index contributed by atoms with van der Waals surface area (Å²) in [6, 6.07) is 3.22. The second-order valence-electron chi connectivity index (χ2n) is 4.40. The maximum absolute atomic E-state index is 13.4. The minimum atomic E-state index is -0.673. The van der Waals surface area contributed by atoms with Crippen LogP contribution in [0.15, 0.2) is 33.5 Å². The molecule has 2 aromatic heterocycles. The van der Waals surface area contributed by atoms with Crippen LogP contribution in [0.25, 0.3) is 22.4 Å². The first kappa shape index (κ1) is 12.8. The molecule has 6 heteroatoms. The monoisotopic (exact) mass is 292 g/mol. The van der Waals surface area contributed by atoms with Crippen LogP contribution in [-0.4, -0.2) is 5.16 Å². The lowest BCUT2D eigenvalue weighted by Gasteiger charge is -2.03. The summed E-state index contributed by atoms with van der Waals surface area (Å²) in [5.74, 6) is -1.31. The van der Waals surface area contributed by atoms with Crippen molar-refractivity contribution in [2.24, 2.45) is 0 Å². The molecular weight excluding hydrogens is 282 g/mol. The molecule has 3 rings (SSSR count). The van der Waals surface area contributed by atoms with Gasteiger partial charge in [0, 0.05) is 17.0 Å². The van der Waals surface area contributed by atoms with E-state index in [0.717, 1.165) is 17.2 Å². The number of nitrogens with zero attached hydrogens (tertiary/aromatic N) is 1. The summed E-state index contributed by atoms with van der Waals surface area (Å²) >= 11 is 1.51. The first-order valence-corrected chi connectivity index (χ1v) is 6.75. The zero-order valence-electron chi connectivity index (χ0n) is 10.5. The molecule has 0 aliphatic heterocycles. The Morgan fingerprint density at radius 2 is 1.85 bits per heavy atom. The number of aryl methyl sites for hydroxylation is 1. The van der Waals surface area contributed by atoms with Gasteiger partial charge in [-0.3, -0.25) is 0 Å². The Balaban J connectivity index is 2.24. The zero-order valence-corrected chi connectivity index (χ0v) is 11.3. The Morgan fingerprint density at radius 1 is 1.15 bits per heavy atom. The van der Waals surface area contributed by atoms with Crippen molar-refractivity contribution in [2.75, 3.05) is 5.73 Å². The van der Waals surface area contributed by atoms with Gasteiger partial charge in [0.2, 0.25) is 5.88 Å².